The van der Waals surface area contributed by atoms with Gasteiger partial charge in [-0.3, -0.25) is 4.79 Å². The van der Waals surface area contributed by atoms with E-state index in [1.807, 2.05) is 25.8 Å². The maximum absolute atomic E-state index is 12.5. The van der Waals surface area contributed by atoms with Gasteiger partial charge in [0.25, 0.3) is 5.91 Å². The average molecular weight is 300 g/mol. The minimum atomic E-state index is -0.166. The third-order valence-electron chi connectivity index (χ3n) is 2.95. The highest BCUT2D eigenvalue weighted by Crippen LogP contribution is 2.29. The molecule has 1 aromatic heterocycles. The molecule has 1 rings (SSSR count). The molecule has 0 saturated heterocycles. The maximum atomic E-state index is 12.5. The Kier molecular flexibility index (Phi) is 6.22. The standard InChI is InChI=1S/C13H24N4O2S/c1-5-6-16(4)13-15-11(14)10(20-13)12(19)17(7-8-18)9(2)3/h9,18H,5-8,14H2,1-4H3. The summed E-state index contributed by atoms with van der Waals surface area (Å²) in [5, 5.41) is 9.82. The van der Waals surface area contributed by atoms with Crippen molar-refractivity contribution in [3.63, 3.8) is 0 Å². The number of rotatable bonds is 7. The smallest absolute Gasteiger partial charge is 0.268 e. The molecular weight excluding hydrogens is 276 g/mol. The predicted octanol–water partition coefficient (Wildman–Crippen LogP) is 1.41. The number of carbonyl (C=O) groups is 1. The van der Waals surface area contributed by atoms with Gasteiger partial charge in [0, 0.05) is 26.2 Å². The van der Waals surface area contributed by atoms with Crippen molar-refractivity contribution in [1.29, 1.82) is 0 Å². The molecule has 0 aliphatic heterocycles. The van der Waals surface area contributed by atoms with Gasteiger partial charge in [0.05, 0.1) is 6.61 Å². The maximum Gasteiger partial charge on any atom is 0.268 e. The van der Waals surface area contributed by atoms with Crippen molar-refractivity contribution in [3.8, 4) is 0 Å². The van der Waals surface area contributed by atoms with Crippen LogP contribution in [0.1, 0.15) is 36.9 Å². The molecule has 0 unspecified atom stereocenters. The molecule has 0 bridgehead atoms. The lowest BCUT2D eigenvalue weighted by Crippen LogP contribution is -2.38. The third-order valence-corrected chi connectivity index (χ3v) is 4.12. The Morgan fingerprint density at radius 1 is 1.45 bits per heavy atom. The summed E-state index contributed by atoms with van der Waals surface area (Å²) in [4.78, 5) is 20.8. The molecule has 1 amide bonds. The number of hydrogen-bond donors (Lipinski definition) is 2. The van der Waals surface area contributed by atoms with Crippen molar-refractivity contribution in [2.24, 2.45) is 0 Å². The number of hydrogen-bond acceptors (Lipinski definition) is 6. The van der Waals surface area contributed by atoms with E-state index in [1.54, 1.807) is 4.90 Å². The number of nitrogens with two attached hydrogens (primary N) is 1. The van der Waals surface area contributed by atoms with E-state index in [4.69, 9.17) is 10.8 Å². The van der Waals surface area contributed by atoms with Crippen LogP contribution in [0.15, 0.2) is 0 Å². The lowest BCUT2D eigenvalue weighted by atomic mass is 10.3. The third kappa shape index (κ3) is 3.83. The number of aromatic nitrogens is 1. The van der Waals surface area contributed by atoms with Crippen molar-refractivity contribution in [2.45, 2.75) is 33.2 Å². The van der Waals surface area contributed by atoms with E-state index in [9.17, 15) is 4.79 Å². The Morgan fingerprint density at radius 3 is 2.60 bits per heavy atom. The summed E-state index contributed by atoms with van der Waals surface area (Å²) in [6.45, 7) is 7.01. The highest BCUT2D eigenvalue weighted by atomic mass is 32.1. The van der Waals surface area contributed by atoms with Crippen LogP contribution in [0.25, 0.3) is 0 Å². The minimum Gasteiger partial charge on any atom is -0.395 e. The van der Waals surface area contributed by atoms with E-state index in [0.717, 1.165) is 18.1 Å². The van der Waals surface area contributed by atoms with Gasteiger partial charge in [-0.25, -0.2) is 4.98 Å². The van der Waals surface area contributed by atoms with Crippen molar-refractivity contribution >= 4 is 28.2 Å². The van der Waals surface area contributed by atoms with Crippen molar-refractivity contribution in [3.05, 3.63) is 4.88 Å². The van der Waals surface area contributed by atoms with Gasteiger partial charge in [-0.2, -0.15) is 0 Å². The lowest BCUT2D eigenvalue weighted by molar-refractivity contribution is 0.0671. The molecule has 0 aromatic carbocycles. The van der Waals surface area contributed by atoms with Gasteiger partial charge in [0.2, 0.25) is 0 Å². The summed E-state index contributed by atoms with van der Waals surface area (Å²) in [5.41, 5.74) is 5.87. The number of amides is 1. The van der Waals surface area contributed by atoms with E-state index in [1.165, 1.54) is 11.3 Å². The van der Waals surface area contributed by atoms with Gasteiger partial charge in [-0.15, -0.1) is 0 Å². The topological polar surface area (TPSA) is 82.7 Å². The van der Waals surface area contributed by atoms with Crippen LogP contribution >= 0.6 is 11.3 Å². The van der Waals surface area contributed by atoms with Crippen LogP contribution in [0.2, 0.25) is 0 Å². The molecule has 0 aliphatic rings. The summed E-state index contributed by atoms with van der Waals surface area (Å²) < 4.78 is 0. The summed E-state index contributed by atoms with van der Waals surface area (Å²) in [5.74, 6) is 0.0988. The van der Waals surface area contributed by atoms with E-state index in [-0.39, 0.29) is 24.4 Å². The second kappa shape index (κ2) is 7.44. The molecule has 3 N–H and O–H groups in total. The molecule has 1 heterocycles. The van der Waals surface area contributed by atoms with Crippen LogP contribution in [0.5, 0.6) is 0 Å². The first kappa shape index (κ1) is 16.7. The largest absolute Gasteiger partial charge is 0.395 e. The SMILES string of the molecule is CCCN(C)c1nc(N)c(C(=O)N(CCO)C(C)C)s1. The van der Waals surface area contributed by atoms with Gasteiger partial charge in [-0.05, 0) is 20.3 Å². The fraction of sp³-hybridized carbons (Fsp3) is 0.692. The van der Waals surface area contributed by atoms with Gasteiger partial charge in [0.15, 0.2) is 5.13 Å². The molecule has 0 radical (unpaired) electrons. The number of aliphatic hydroxyl groups is 1. The van der Waals surface area contributed by atoms with E-state index in [2.05, 4.69) is 11.9 Å². The monoisotopic (exact) mass is 300 g/mol. The van der Waals surface area contributed by atoms with Crippen LogP contribution in [0.4, 0.5) is 10.9 Å². The zero-order valence-corrected chi connectivity index (χ0v) is 13.4. The van der Waals surface area contributed by atoms with Crippen LogP contribution in [0.3, 0.4) is 0 Å². The lowest BCUT2D eigenvalue weighted by Gasteiger charge is -2.25. The molecule has 0 saturated carbocycles. The number of nitrogens with zero attached hydrogens (tertiary/aromatic N) is 3. The summed E-state index contributed by atoms with van der Waals surface area (Å²) >= 11 is 1.30. The Morgan fingerprint density at radius 2 is 2.10 bits per heavy atom. The molecule has 1 aromatic rings. The summed E-state index contributed by atoms with van der Waals surface area (Å²) in [7, 11) is 1.93. The van der Waals surface area contributed by atoms with E-state index in [0.29, 0.717) is 11.4 Å². The van der Waals surface area contributed by atoms with Crippen molar-refractivity contribution in [2.75, 3.05) is 37.4 Å². The first-order valence-electron chi connectivity index (χ1n) is 6.81. The molecular formula is C13H24N4O2S. The van der Waals surface area contributed by atoms with Crippen LogP contribution in [-0.4, -0.2) is 53.7 Å². The Labute approximate surface area is 124 Å². The highest BCUT2D eigenvalue weighted by Gasteiger charge is 2.24. The van der Waals surface area contributed by atoms with Crippen LogP contribution in [-0.2, 0) is 0 Å². The molecule has 20 heavy (non-hydrogen) atoms. The molecule has 7 heteroatoms. The molecule has 114 valence electrons. The number of nitrogen functional groups attached to an aromatic ring is 1. The second-order valence-electron chi connectivity index (χ2n) is 4.95. The molecule has 6 nitrogen and oxygen atoms in total. The molecule has 0 fully saturated rings. The van der Waals surface area contributed by atoms with Crippen molar-refractivity contribution < 1.29 is 9.90 Å². The van der Waals surface area contributed by atoms with Gasteiger partial charge in [0.1, 0.15) is 10.7 Å². The Hall–Kier alpha value is -1.34. The molecule has 0 spiro atoms. The van der Waals surface area contributed by atoms with Crippen LogP contribution in [0, 0.1) is 0 Å². The zero-order chi connectivity index (χ0) is 15.3. The van der Waals surface area contributed by atoms with Crippen molar-refractivity contribution in [1.82, 2.24) is 9.88 Å². The van der Waals surface area contributed by atoms with E-state index < -0.39 is 0 Å². The summed E-state index contributed by atoms with van der Waals surface area (Å²) in [6, 6.07) is 0.00738. The molecule has 0 aliphatic carbocycles. The fourth-order valence-electron chi connectivity index (χ4n) is 1.90. The predicted molar refractivity (Wildman–Crippen MR) is 83.3 cm³/mol. The van der Waals surface area contributed by atoms with Gasteiger partial charge >= 0.3 is 0 Å². The minimum absolute atomic E-state index is 0.00738. The Balaban J connectivity index is 2.98. The fourth-order valence-corrected chi connectivity index (χ4v) is 2.83. The number of anilines is 2. The first-order valence-corrected chi connectivity index (χ1v) is 7.63. The number of carbonyl (C=O) groups excluding carboxylic acids is 1. The highest BCUT2D eigenvalue weighted by molar-refractivity contribution is 7.18. The summed E-state index contributed by atoms with van der Waals surface area (Å²) in [6.07, 6.45) is 1.00. The first-order chi connectivity index (χ1) is 9.42. The number of thiazole rings is 1. The number of aliphatic hydroxyl groups excluding tert-OH is 1. The normalized spacial score (nSPS) is 10.9. The van der Waals surface area contributed by atoms with Crippen LogP contribution < -0.4 is 10.6 Å². The average Bonchev–Trinajstić information content (AvgIpc) is 2.77. The zero-order valence-electron chi connectivity index (χ0n) is 12.6. The molecule has 0 atom stereocenters. The Bertz CT molecular complexity index is 448. The second-order valence-corrected chi connectivity index (χ2v) is 5.93. The quantitative estimate of drug-likeness (QED) is 0.795. The van der Waals surface area contributed by atoms with E-state index >= 15 is 0 Å². The van der Waals surface area contributed by atoms with Gasteiger partial charge in [-0.1, -0.05) is 18.3 Å². The van der Waals surface area contributed by atoms with Gasteiger partial charge < -0.3 is 20.6 Å².